The summed E-state index contributed by atoms with van der Waals surface area (Å²) in [5.74, 6) is -1.07. The number of carboxylic acids is 1. The summed E-state index contributed by atoms with van der Waals surface area (Å²) >= 11 is 0. The number of aromatic nitrogens is 2. The van der Waals surface area contributed by atoms with Crippen molar-refractivity contribution < 1.29 is 14.7 Å². The van der Waals surface area contributed by atoms with Crippen LogP contribution in [0, 0.1) is 5.92 Å². The number of benzene rings is 1. The second-order valence-corrected chi connectivity index (χ2v) is 7.72. The first-order valence-electron chi connectivity index (χ1n) is 9.83. The Morgan fingerprint density at radius 3 is 2.54 bits per heavy atom. The molecule has 144 valence electrons. The summed E-state index contributed by atoms with van der Waals surface area (Å²) in [6.45, 7) is 3.55. The van der Waals surface area contributed by atoms with Crippen LogP contribution < -0.4 is 0 Å². The molecule has 5 nitrogen and oxygen atoms in total. The summed E-state index contributed by atoms with van der Waals surface area (Å²) in [5, 5.41) is 13.7. The van der Waals surface area contributed by atoms with Gasteiger partial charge < -0.3 is 5.11 Å². The highest BCUT2D eigenvalue weighted by Crippen LogP contribution is 2.47. The molecule has 2 aliphatic rings. The second-order valence-electron chi connectivity index (χ2n) is 7.72. The van der Waals surface area contributed by atoms with E-state index in [-0.39, 0.29) is 11.1 Å². The van der Waals surface area contributed by atoms with Gasteiger partial charge in [-0.25, -0.2) is 4.79 Å². The fourth-order valence-electron chi connectivity index (χ4n) is 4.89. The van der Waals surface area contributed by atoms with Crippen molar-refractivity contribution in [2.24, 2.45) is 5.92 Å². The summed E-state index contributed by atoms with van der Waals surface area (Å²) in [4.78, 5) is 24.1. The Morgan fingerprint density at radius 2 is 1.89 bits per heavy atom. The maximum absolute atomic E-state index is 12.4. The normalized spacial score (nSPS) is 21.9. The van der Waals surface area contributed by atoms with Crippen LogP contribution >= 0.6 is 0 Å². The number of carboxylic acid groups (broad SMARTS) is 1. The van der Waals surface area contributed by atoms with Crippen molar-refractivity contribution in [1.29, 1.82) is 0 Å². The van der Waals surface area contributed by atoms with E-state index in [1.54, 1.807) is 0 Å². The summed E-state index contributed by atoms with van der Waals surface area (Å²) in [5.41, 5.74) is 2.07. The van der Waals surface area contributed by atoms with Crippen molar-refractivity contribution in [2.75, 3.05) is 0 Å². The number of rotatable bonds is 4. The molecule has 1 heterocycles. The third-order valence-electron chi connectivity index (χ3n) is 6.26. The molecule has 1 unspecified atom stereocenters. The molecule has 0 spiro atoms. The standard InChI is InChI=1S/C23H24N2O3/c1-2-20(26)25-19-15-23(16-9-5-3-6-10-16,17-11-7-4-8-12-17)14-13-18(19)21(24-25)22(27)28/h2-3,5-6,9-10,13-14,17H,1,4,7-8,11-12,15H2,(H,27,28). The average molecular weight is 376 g/mol. The Balaban J connectivity index is 1.89. The Bertz CT molecular complexity index is 952. The van der Waals surface area contributed by atoms with Crippen molar-refractivity contribution in [1.82, 2.24) is 9.78 Å². The number of carbonyl (C=O) groups excluding carboxylic acids is 1. The Hall–Kier alpha value is -2.95. The molecule has 1 aromatic carbocycles. The summed E-state index contributed by atoms with van der Waals surface area (Å²) in [7, 11) is 0. The van der Waals surface area contributed by atoms with Crippen LogP contribution in [0.2, 0.25) is 0 Å². The van der Waals surface area contributed by atoms with Gasteiger partial charge in [-0.1, -0.05) is 68.3 Å². The lowest BCUT2D eigenvalue weighted by atomic mass is 9.61. The molecule has 1 fully saturated rings. The zero-order valence-electron chi connectivity index (χ0n) is 15.8. The van der Waals surface area contributed by atoms with Gasteiger partial charge in [0.1, 0.15) is 0 Å². The largest absolute Gasteiger partial charge is 0.476 e. The molecule has 2 aliphatic carbocycles. The first-order valence-corrected chi connectivity index (χ1v) is 9.83. The molecule has 0 amide bonds. The summed E-state index contributed by atoms with van der Waals surface area (Å²) < 4.78 is 1.23. The lowest BCUT2D eigenvalue weighted by molar-refractivity contribution is 0.0689. The van der Waals surface area contributed by atoms with Gasteiger partial charge in [0.25, 0.3) is 5.91 Å². The van der Waals surface area contributed by atoms with Gasteiger partial charge in [-0.3, -0.25) is 4.79 Å². The molecule has 1 atom stereocenters. The van der Waals surface area contributed by atoms with Crippen molar-refractivity contribution in [2.45, 2.75) is 43.9 Å². The number of fused-ring (bicyclic) bond motifs is 1. The number of carbonyl (C=O) groups is 2. The van der Waals surface area contributed by atoms with Gasteiger partial charge in [0.15, 0.2) is 5.69 Å². The van der Waals surface area contributed by atoms with Crippen LogP contribution in [0.1, 0.15) is 64.2 Å². The molecule has 4 rings (SSSR count). The van der Waals surface area contributed by atoms with Crippen molar-refractivity contribution >= 4 is 18.0 Å². The van der Waals surface area contributed by atoms with E-state index in [0.717, 1.165) is 12.8 Å². The Kier molecular flexibility index (Phi) is 4.75. The van der Waals surface area contributed by atoms with E-state index in [4.69, 9.17) is 0 Å². The van der Waals surface area contributed by atoms with Crippen LogP contribution in [0.15, 0.2) is 49.1 Å². The zero-order chi connectivity index (χ0) is 19.7. The van der Waals surface area contributed by atoms with Crippen molar-refractivity contribution in [3.05, 3.63) is 71.6 Å². The second kappa shape index (κ2) is 7.23. The molecule has 5 heteroatoms. The number of hydrogen-bond donors (Lipinski definition) is 1. The maximum Gasteiger partial charge on any atom is 0.357 e. The van der Waals surface area contributed by atoms with E-state index in [2.05, 4.69) is 29.9 Å². The zero-order valence-corrected chi connectivity index (χ0v) is 15.8. The van der Waals surface area contributed by atoms with Crippen LogP contribution in [-0.4, -0.2) is 26.8 Å². The summed E-state index contributed by atoms with van der Waals surface area (Å²) in [6.07, 6.45) is 11.7. The molecular weight excluding hydrogens is 352 g/mol. The van der Waals surface area contributed by atoms with Gasteiger partial charge in [-0.15, -0.1) is 0 Å². The number of aromatic carboxylic acids is 1. The minimum absolute atomic E-state index is 0.0771. The number of hydrogen-bond acceptors (Lipinski definition) is 3. The molecule has 0 aliphatic heterocycles. The van der Waals surface area contributed by atoms with Crippen molar-refractivity contribution in [3.8, 4) is 0 Å². The van der Waals surface area contributed by atoms with Gasteiger partial charge in [0, 0.05) is 17.4 Å². The van der Waals surface area contributed by atoms with Crippen LogP contribution in [0.25, 0.3) is 6.08 Å². The summed E-state index contributed by atoms with van der Waals surface area (Å²) in [6, 6.07) is 10.4. The third kappa shape index (κ3) is 2.91. The molecule has 28 heavy (non-hydrogen) atoms. The lowest BCUT2D eigenvalue weighted by Crippen LogP contribution is -2.39. The predicted molar refractivity (Wildman–Crippen MR) is 107 cm³/mol. The van der Waals surface area contributed by atoms with Crippen LogP contribution in [0.3, 0.4) is 0 Å². The molecule has 1 N–H and O–H groups in total. The van der Waals surface area contributed by atoms with Gasteiger partial charge in [-0.2, -0.15) is 9.78 Å². The highest BCUT2D eigenvalue weighted by Gasteiger charge is 2.43. The third-order valence-corrected chi connectivity index (χ3v) is 6.26. The van der Waals surface area contributed by atoms with E-state index in [1.807, 2.05) is 24.3 Å². The van der Waals surface area contributed by atoms with Gasteiger partial charge >= 0.3 is 5.97 Å². The van der Waals surface area contributed by atoms with Crippen LogP contribution in [0.4, 0.5) is 0 Å². The van der Waals surface area contributed by atoms with E-state index in [9.17, 15) is 14.7 Å². The molecule has 0 saturated heterocycles. The lowest BCUT2D eigenvalue weighted by Gasteiger charge is -2.43. The minimum Gasteiger partial charge on any atom is -0.476 e. The monoisotopic (exact) mass is 376 g/mol. The van der Waals surface area contributed by atoms with Gasteiger partial charge in [-0.05, 0) is 30.4 Å². The predicted octanol–water partition coefficient (Wildman–Crippen LogP) is 4.50. The molecule has 1 saturated carbocycles. The molecule has 0 bridgehead atoms. The first-order chi connectivity index (χ1) is 13.6. The number of nitrogens with zero attached hydrogens (tertiary/aromatic N) is 2. The topological polar surface area (TPSA) is 72.2 Å². The quantitative estimate of drug-likeness (QED) is 0.798. The number of allylic oxidation sites excluding steroid dienone is 2. The van der Waals surface area contributed by atoms with Crippen molar-refractivity contribution in [3.63, 3.8) is 0 Å². The smallest absolute Gasteiger partial charge is 0.357 e. The van der Waals surface area contributed by atoms with E-state index < -0.39 is 11.9 Å². The van der Waals surface area contributed by atoms with Gasteiger partial charge in [0.05, 0.1) is 5.69 Å². The fraction of sp³-hybridized carbons (Fsp3) is 0.348. The van der Waals surface area contributed by atoms with E-state index >= 15 is 0 Å². The molecule has 1 aromatic heterocycles. The Labute approximate surface area is 164 Å². The SMILES string of the molecule is C=CC(=O)n1nc(C(=O)O)c2c1CC(c1ccccc1)(C1CCCCC1)C=C2. The average Bonchev–Trinajstić information content (AvgIpc) is 3.13. The first kappa shape index (κ1) is 18.4. The highest BCUT2D eigenvalue weighted by molar-refractivity contribution is 5.95. The molecule has 0 radical (unpaired) electrons. The van der Waals surface area contributed by atoms with Crippen LogP contribution in [-0.2, 0) is 11.8 Å². The highest BCUT2D eigenvalue weighted by atomic mass is 16.4. The Morgan fingerprint density at radius 1 is 1.18 bits per heavy atom. The van der Waals surface area contributed by atoms with Crippen LogP contribution in [0.5, 0.6) is 0 Å². The molecule has 2 aromatic rings. The van der Waals surface area contributed by atoms with Gasteiger partial charge in [0.2, 0.25) is 0 Å². The fourth-order valence-corrected chi connectivity index (χ4v) is 4.89. The van der Waals surface area contributed by atoms with E-state index in [0.29, 0.717) is 23.6 Å². The van der Waals surface area contributed by atoms with E-state index in [1.165, 1.54) is 35.6 Å². The minimum atomic E-state index is -1.12. The molecular formula is C23H24N2O3. The maximum atomic E-state index is 12.4.